The normalized spacial score (nSPS) is 30.6. The van der Waals surface area contributed by atoms with Crippen LogP contribution < -0.4 is 16.4 Å². The number of rotatable bonds is 9. The van der Waals surface area contributed by atoms with Crippen molar-refractivity contribution in [2.75, 3.05) is 19.6 Å². The van der Waals surface area contributed by atoms with Gasteiger partial charge in [0, 0.05) is 47.8 Å². The van der Waals surface area contributed by atoms with Gasteiger partial charge in [-0.2, -0.15) is 0 Å². The van der Waals surface area contributed by atoms with E-state index in [1.54, 1.807) is 11.8 Å². The van der Waals surface area contributed by atoms with Crippen molar-refractivity contribution >= 4 is 35.5 Å². The number of hydrogen-bond donors (Lipinski definition) is 4. The highest BCUT2D eigenvalue weighted by atomic mass is 32.2. The molecule has 3 saturated heterocycles. The summed E-state index contributed by atoms with van der Waals surface area (Å²) in [6.07, 6.45) is -1.67. The molecule has 3 fully saturated rings. The number of fused-ring (bicyclic) bond motifs is 1. The third-order valence-corrected chi connectivity index (χ3v) is 9.50. The van der Waals surface area contributed by atoms with Crippen molar-refractivity contribution in [3.63, 3.8) is 0 Å². The molecule has 1 unspecified atom stereocenters. The number of halogens is 2. The molecule has 7 atom stereocenters. The molecule has 1 aromatic heterocycles. The number of carbonyl (C=O) groups excluding carboxylic acids is 3. The number of nitrogens with two attached hydrogens (primary N) is 1. The van der Waals surface area contributed by atoms with Gasteiger partial charge in [0.05, 0.1) is 18.0 Å². The van der Waals surface area contributed by atoms with Gasteiger partial charge in [0.25, 0.3) is 6.43 Å². The van der Waals surface area contributed by atoms with Gasteiger partial charge < -0.3 is 31.3 Å². The molecule has 1 aromatic rings. The molecule has 0 spiro atoms. The van der Waals surface area contributed by atoms with Crippen LogP contribution in [0.15, 0.2) is 10.6 Å². The number of alkyl halides is 2. The number of carbonyl (C=O) groups is 4. The Bertz CT molecular complexity index is 1240. The Morgan fingerprint density at radius 2 is 2.08 bits per heavy atom. The highest BCUT2D eigenvalue weighted by Crippen LogP contribution is 2.51. The topological polar surface area (TPSA) is 189 Å². The maximum absolute atomic E-state index is 13.1. The van der Waals surface area contributed by atoms with E-state index in [1.807, 2.05) is 6.92 Å². The average molecular weight is 584 g/mol. The summed E-state index contributed by atoms with van der Waals surface area (Å²) in [5.74, 6) is -4.09. The Balaban J connectivity index is 1.23. The van der Waals surface area contributed by atoms with Crippen LogP contribution in [0, 0.1) is 11.8 Å². The zero-order chi connectivity index (χ0) is 28.9. The molecule has 0 radical (unpaired) electrons. The van der Waals surface area contributed by atoms with Crippen molar-refractivity contribution in [2.45, 2.75) is 69.1 Å². The van der Waals surface area contributed by atoms with E-state index < -0.39 is 54.6 Å². The minimum Gasteiger partial charge on any atom is -0.477 e. The Morgan fingerprint density at radius 1 is 1.32 bits per heavy atom. The number of hydrogen-bond acceptors (Lipinski definition) is 10. The Morgan fingerprint density at radius 3 is 2.73 bits per heavy atom. The lowest BCUT2D eigenvalue weighted by Gasteiger charge is -2.47. The second kappa shape index (κ2) is 11.0. The predicted molar refractivity (Wildman–Crippen MR) is 135 cm³/mol. The highest BCUT2D eigenvalue weighted by Gasteiger charge is 2.60. The first-order valence-electron chi connectivity index (χ1n) is 13.1. The van der Waals surface area contributed by atoms with Gasteiger partial charge in [-0.25, -0.2) is 18.3 Å². The summed E-state index contributed by atoms with van der Waals surface area (Å²) < 4.78 is 26.7. The number of aromatic nitrogens is 4. The Hall–Kier alpha value is -3.18. The van der Waals surface area contributed by atoms with Crippen molar-refractivity contribution in [1.29, 1.82) is 0 Å². The fourth-order valence-electron chi connectivity index (χ4n) is 6.07. The van der Waals surface area contributed by atoms with E-state index in [0.717, 1.165) is 6.42 Å². The molecule has 5 rings (SSSR count). The highest BCUT2D eigenvalue weighted by molar-refractivity contribution is 8.03. The Kier molecular flexibility index (Phi) is 7.80. The molecule has 0 aromatic carbocycles. The van der Waals surface area contributed by atoms with Crippen LogP contribution in [-0.4, -0.2) is 108 Å². The zero-order valence-electron chi connectivity index (χ0n) is 21.9. The number of thioether (sulfide) groups is 1. The van der Waals surface area contributed by atoms with Crippen LogP contribution in [0.5, 0.6) is 0 Å². The number of likely N-dealkylation sites (tertiary alicyclic amines) is 1. The lowest BCUT2D eigenvalue weighted by molar-refractivity contribution is -0.158. The minimum atomic E-state index is -2.96. The van der Waals surface area contributed by atoms with Crippen molar-refractivity contribution in [3.8, 4) is 0 Å². The van der Waals surface area contributed by atoms with Gasteiger partial charge in [0.15, 0.2) is 0 Å². The van der Waals surface area contributed by atoms with Crippen LogP contribution in [0.4, 0.5) is 8.78 Å². The van der Waals surface area contributed by atoms with Crippen LogP contribution >= 0.6 is 11.8 Å². The lowest BCUT2D eigenvalue weighted by atomic mass is 9.78. The van der Waals surface area contributed by atoms with Gasteiger partial charge in [0.2, 0.25) is 23.5 Å². The second-order valence-corrected chi connectivity index (χ2v) is 12.0. The summed E-state index contributed by atoms with van der Waals surface area (Å²) in [5.41, 5.74) is 5.86. The van der Waals surface area contributed by atoms with Crippen LogP contribution in [-0.2, 0) is 25.7 Å². The first kappa shape index (κ1) is 28.4. The average Bonchev–Trinajstić information content (AvgIpc) is 3.67. The largest absolute Gasteiger partial charge is 0.477 e. The molecule has 4 aliphatic heterocycles. The smallest absolute Gasteiger partial charge is 0.353 e. The number of tetrazole rings is 1. The van der Waals surface area contributed by atoms with Gasteiger partial charge in [-0.1, -0.05) is 6.92 Å². The summed E-state index contributed by atoms with van der Waals surface area (Å²) in [6, 6.07) is -1.58. The fourth-order valence-corrected chi connectivity index (χ4v) is 7.55. The molecule has 0 aliphatic carbocycles. The van der Waals surface area contributed by atoms with Crippen LogP contribution in [0.1, 0.15) is 38.9 Å². The molecule has 3 amide bonds. The Labute approximate surface area is 232 Å². The molecule has 40 heavy (non-hydrogen) atoms. The van der Waals surface area contributed by atoms with Crippen LogP contribution in [0.25, 0.3) is 0 Å². The minimum absolute atomic E-state index is 0.00562. The number of carboxylic acids is 1. The van der Waals surface area contributed by atoms with E-state index in [2.05, 4.69) is 26.2 Å². The summed E-state index contributed by atoms with van der Waals surface area (Å²) in [5, 5.41) is 25.6. The molecule has 14 nitrogen and oxygen atoms in total. The second-order valence-electron chi connectivity index (χ2n) is 10.7. The molecule has 4 aliphatic rings. The van der Waals surface area contributed by atoms with Gasteiger partial charge in [0.1, 0.15) is 12.2 Å². The number of amides is 3. The molecule has 0 saturated carbocycles. The number of β-lactam (4-membered cyclic amide) rings is 1. The van der Waals surface area contributed by atoms with E-state index in [9.17, 15) is 33.1 Å². The van der Waals surface area contributed by atoms with E-state index in [1.165, 1.54) is 16.7 Å². The molecule has 5 N–H and O–H groups in total. The summed E-state index contributed by atoms with van der Waals surface area (Å²) >= 11 is 1.37. The molecular weight excluding hydrogens is 552 g/mol. The monoisotopic (exact) mass is 583 g/mol. The maximum Gasteiger partial charge on any atom is 0.353 e. The molecule has 17 heteroatoms. The molecule has 0 bridgehead atoms. The third kappa shape index (κ3) is 5.05. The number of aliphatic carboxylic acids is 1. The van der Waals surface area contributed by atoms with Crippen LogP contribution in [0.3, 0.4) is 0 Å². The van der Waals surface area contributed by atoms with Gasteiger partial charge in [-0.05, 0) is 30.2 Å². The number of nitrogens with zero attached hydrogens (tertiary/aromatic N) is 6. The molecular formula is C23H31F2N9O5S. The van der Waals surface area contributed by atoms with Crippen molar-refractivity contribution in [2.24, 2.45) is 17.6 Å². The van der Waals surface area contributed by atoms with Crippen molar-refractivity contribution < 1.29 is 33.1 Å². The van der Waals surface area contributed by atoms with E-state index in [4.69, 9.17) is 5.73 Å². The van der Waals surface area contributed by atoms with Gasteiger partial charge in [-0.3, -0.25) is 14.4 Å². The van der Waals surface area contributed by atoms with E-state index in [0.29, 0.717) is 35.6 Å². The van der Waals surface area contributed by atoms with E-state index in [-0.39, 0.29) is 34.9 Å². The first-order chi connectivity index (χ1) is 19.0. The maximum atomic E-state index is 13.1. The number of carboxylic acid groups (broad SMARTS) is 1. The van der Waals surface area contributed by atoms with E-state index >= 15 is 0 Å². The molecule has 218 valence electrons. The summed E-state index contributed by atoms with van der Waals surface area (Å²) in [6.45, 7) is 4.56. The summed E-state index contributed by atoms with van der Waals surface area (Å²) in [4.78, 5) is 54.4. The quantitative estimate of drug-likeness (QED) is 0.259. The van der Waals surface area contributed by atoms with Gasteiger partial charge >= 0.3 is 5.97 Å². The predicted octanol–water partition coefficient (Wildman–Crippen LogP) is -1.09. The molecule has 5 heterocycles. The first-order valence-corrected chi connectivity index (χ1v) is 13.9. The summed E-state index contributed by atoms with van der Waals surface area (Å²) in [7, 11) is 0. The van der Waals surface area contributed by atoms with Gasteiger partial charge in [-0.15, -0.1) is 16.9 Å². The standard InChI is InChI=1S/C23H31F2N9O5S/c1-9-16-15(10(2)28-14(35)8-33-20(19(24)25)29-30-31-33)22(37)34(16)17(23(38)39)18(9)40-12-5-13(27-6-12)21(36)32-4-3-11(26)7-32/h9-13,15-16,19,27H,3-8,26H2,1-2H3,(H,28,35)(H,38,39)/t9-,10?,11-,12+,13+,15-,16-/m1/s1. The lowest BCUT2D eigenvalue weighted by Crippen LogP contribution is -2.66. The zero-order valence-corrected chi connectivity index (χ0v) is 22.7. The third-order valence-electron chi connectivity index (χ3n) is 7.99. The van der Waals surface area contributed by atoms with Crippen molar-refractivity contribution in [1.82, 2.24) is 40.6 Å². The fraction of sp³-hybridized carbons (Fsp3) is 0.696. The van der Waals surface area contributed by atoms with Crippen LogP contribution in [0.2, 0.25) is 0 Å². The SMILES string of the molecule is CC(NC(=O)Cn1nnnc1C(F)F)[C@H]1C(=O)N2C(C(=O)O)=C(S[C@@H]3CN[C@H](C(=O)N4CC[C@@H](N)C4)C3)[C@H](C)[C@H]12. The van der Waals surface area contributed by atoms with Crippen molar-refractivity contribution in [3.05, 3.63) is 16.4 Å². The number of nitrogens with one attached hydrogen (secondary N) is 2.